The molecule has 2 N–H and O–H groups in total. The first-order valence-corrected chi connectivity index (χ1v) is 6.15. The molecule has 0 aliphatic carbocycles. The maximum Gasteiger partial charge on any atom is 0.241 e. The molecule has 2 rings (SSSR count). The van der Waals surface area contributed by atoms with Gasteiger partial charge in [-0.1, -0.05) is 6.07 Å². The van der Waals surface area contributed by atoms with Crippen molar-refractivity contribution in [3.05, 3.63) is 34.8 Å². The SMILES string of the molecule is CNC(=O)Cn1cc(NCc2cccs2)cn1. The van der Waals surface area contributed by atoms with Crippen molar-refractivity contribution in [3.63, 3.8) is 0 Å². The fourth-order valence-electron chi connectivity index (χ4n) is 1.37. The number of likely N-dealkylation sites (N-methyl/N-ethyl adjacent to an activating group) is 1. The van der Waals surface area contributed by atoms with Crippen LogP contribution < -0.4 is 10.6 Å². The maximum absolute atomic E-state index is 11.1. The van der Waals surface area contributed by atoms with Crippen LogP contribution in [0.3, 0.4) is 0 Å². The number of aromatic nitrogens is 2. The summed E-state index contributed by atoms with van der Waals surface area (Å²) < 4.78 is 1.61. The Balaban J connectivity index is 1.88. The van der Waals surface area contributed by atoms with Gasteiger partial charge in [-0.3, -0.25) is 9.48 Å². The van der Waals surface area contributed by atoms with Crippen LogP contribution in [0.15, 0.2) is 29.9 Å². The average Bonchev–Trinajstić information content (AvgIpc) is 2.97. The Morgan fingerprint density at radius 2 is 2.47 bits per heavy atom. The fourth-order valence-corrected chi connectivity index (χ4v) is 2.01. The Morgan fingerprint density at radius 1 is 1.59 bits per heavy atom. The van der Waals surface area contributed by atoms with Crippen LogP contribution in [-0.2, 0) is 17.9 Å². The van der Waals surface area contributed by atoms with Crippen LogP contribution in [-0.4, -0.2) is 22.7 Å². The lowest BCUT2D eigenvalue weighted by Crippen LogP contribution is -2.23. The van der Waals surface area contributed by atoms with Gasteiger partial charge in [-0.2, -0.15) is 5.10 Å². The molecule has 0 bridgehead atoms. The molecule has 0 spiro atoms. The van der Waals surface area contributed by atoms with Gasteiger partial charge in [-0.05, 0) is 11.4 Å². The molecule has 0 unspecified atom stereocenters. The van der Waals surface area contributed by atoms with Crippen molar-refractivity contribution in [2.45, 2.75) is 13.1 Å². The molecule has 0 aliphatic heterocycles. The van der Waals surface area contributed by atoms with E-state index in [2.05, 4.69) is 21.8 Å². The summed E-state index contributed by atoms with van der Waals surface area (Å²) in [6.45, 7) is 1.03. The van der Waals surface area contributed by atoms with E-state index in [0.717, 1.165) is 12.2 Å². The third-order valence-corrected chi connectivity index (χ3v) is 3.14. The van der Waals surface area contributed by atoms with Crippen LogP contribution in [0.1, 0.15) is 4.88 Å². The van der Waals surface area contributed by atoms with Crippen molar-refractivity contribution in [2.75, 3.05) is 12.4 Å². The van der Waals surface area contributed by atoms with Crippen LogP contribution in [0.25, 0.3) is 0 Å². The second-order valence-corrected chi connectivity index (χ2v) is 4.56. The number of anilines is 1. The predicted molar refractivity (Wildman–Crippen MR) is 67.9 cm³/mol. The normalized spacial score (nSPS) is 10.2. The second-order valence-electron chi connectivity index (χ2n) is 3.53. The largest absolute Gasteiger partial charge is 0.378 e. The number of rotatable bonds is 5. The Labute approximate surface area is 103 Å². The molecule has 90 valence electrons. The molecular weight excluding hydrogens is 236 g/mol. The van der Waals surface area contributed by atoms with Gasteiger partial charge >= 0.3 is 0 Å². The molecular formula is C11H14N4OS. The summed E-state index contributed by atoms with van der Waals surface area (Å²) >= 11 is 1.71. The number of hydrogen-bond acceptors (Lipinski definition) is 4. The molecule has 0 aromatic carbocycles. The van der Waals surface area contributed by atoms with Gasteiger partial charge in [0.1, 0.15) is 6.54 Å². The molecule has 2 heterocycles. The highest BCUT2D eigenvalue weighted by molar-refractivity contribution is 7.09. The van der Waals surface area contributed by atoms with E-state index in [-0.39, 0.29) is 12.5 Å². The van der Waals surface area contributed by atoms with Crippen molar-refractivity contribution in [1.29, 1.82) is 0 Å². The Hall–Kier alpha value is -1.82. The van der Waals surface area contributed by atoms with Crippen molar-refractivity contribution in [2.24, 2.45) is 0 Å². The third kappa shape index (κ3) is 3.32. The highest BCUT2D eigenvalue weighted by Crippen LogP contribution is 2.12. The van der Waals surface area contributed by atoms with Gasteiger partial charge in [0, 0.05) is 24.7 Å². The Morgan fingerprint density at radius 3 is 3.18 bits per heavy atom. The van der Waals surface area contributed by atoms with Gasteiger partial charge in [0.25, 0.3) is 0 Å². The zero-order chi connectivity index (χ0) is 12.1. The third-order valence-electron chi connectivity index (χ3n) is 2.26. The van der Waals surface area contributed by atoms with E-state index < -0.39 is 0 Å². The second kappa shape index (κ2) is 5.49. The molecule has 2 aromatic rings. The van der Waals surface area contributed by atoms with E-state index >= 15 is 0 Å². The highest BCUT2D eigenvalue weighted by atomic mass is 32.1. The molecule has 0 aliphatic rings. The van der Waals surface area contributed by atoms with Crippen LogP contribution in [0, 0.1) is 0 Å². The predicted octanol–water partition coefficient (Wildman–Crippen LogP) is 1.30. The minimum absolute atomic E-state index is 0.0575. The first-order valence-electron chi connectivity index (χ1n) is 5.27. The molecule has 0 atom stereocenters. The van der Waals surface area contributed by atoms with Crippen molar-refractivity contribution in [3.8, 4) is 0 Å². The molecule has 6 heteroatoms. The number of amides is 1. The summed E-state index contributed by atoms with van der Waals surface area (Å²) in [7, 11) is 1.61. The molecule has 1 amide bonds. The van der Waals surface area contributed by atoms with E-state index in [1.807, 2.05) is 17.6 Å². The summed E-state index contributed by atoms with van der Waals surface area (Å²) in [6, 6.07) is 4.10. The van der Waals surface area contributed by atoms with E-state index in [1.165, 1.54) is 4.88 Å². The minimum Gasteiger partial charge on any atom is -0.378 e. The lowest BCUT2D eigenvalue weighted by molar-refractivity contribution is -0.121. The van der Waals surface area contributed by atoms with E-state index in [9.17, 15) is 4.79 Å². The smallest absolute Gasteiger partial charge is 0.241 e. The monoisotopic (exact) mass is 250 g/mol. The van der Waals surface area contributed by atoms with Crippen LogP contribution in [0.2, 0.25) is 0 Å². The number of carbonyl (C=O) groups excluding carboxylic acids is 1. The number of hydrogen-bond donors (Lipinski definition) is 2. The molecule has 17 heavy (non-hydrogen) atoms. The van der Waals surface area contributed by atoms with Crippen LogP contribution in [0.5, 0.6) is 0 Å². The van der Waals surface area contributed by atoms with Gasteiger partial charge in [-0.25, -0.2) is 0 Å². The molecule has 0 radical (unpaired) electrons. The highest BCUT2D eigenvalue weighted by Gasteiger charge is 2.02. The van der Waals surface area contributed by atoms with Crippen LogP contribution >= 0.6 is 11.3 Å². The summed E-state index contributed by atoms with van der Waals surface area (Å²) in [5.74, 6) is -0.0575. The van der Waals surface area contributed by atoms with E-state index in [1.54, 1.807) is 29.3 Å². The zero-order valence-electron chi connectivity index (χ0n) is 9.51. The van der Waals surface area contributed by atoms with E-state index in [0.29, 0.717) is 0 Å². The van der Waals surface area contributed by atoms with Gasteiger partial charge in [-0.15, -0.1) is 11.3 Å². The van der Waals surface area contributed by atoms with Gasteiger partial charge in [0.05, 0.1) is 11.9 Å². The minimum atomic E-state index is -0.0575. The molecule has 5 nitrogen and oxygen atoms in total. The number of thiophene rings is 1. The summed E-state index contributed by atoms with van der Waals surface area (Å²) in [4.78, 5) is 12.4. The van der Waals surface area contributed by atoms with Gasteiger partial charge < -0.3 is 10.6 Å². The van der Waals surface area contributed by atoms with Gasteiger partial charge in [0.15, 0.2) is 0 Å². The quantitative estimate of drug-likeness (QED) is 0.841. The summed E-state index contributed by atoms with van der Waals surface area (Å²) in [5.41, 5.74) is 0.919. The van der Waals surface area contributed by atoms with E-state index in [4.69, 9.17) is 0 Å². The molecule has 0 saturated heterocycles. The number of carbonyl (C=O) groups is 1. The lowest BCUT2D eigenvalue weighted by Gasteiger charge is -2.00. The summed E-state index contributed by atoms with van der Waals surface area (Å²) in [5, 5.41) is 12.0. The molecule has 2 aromatic heterocycles. The average molecular weight is 250 g/mol. The van der Waals surface area contributed by atoms with Crippen LogP contribution in [0.4, 0.5) is 5.69 Å². The Kier molecular flexibility index (Phi) is 3.77. The molecule has 0 saturated carbocycles. The maximum atomic E-state index is 11.1. The van der Waals surface area contributed by atoms with Gasteiger partial charge in [0.2, 0.25) is 5.91 Å². The lowest BCUT2D eigenvalue weighted by atomic mass is 10.4. The standard InChI is InChI=1S/C11H14N4OS/c1-12-11(16)8-15-7-9(5-14-15)13-6-10-3-2-4-17-10/h2-5,7,13H,6,8H2,1H3,(H,12,16). The van der Waals surface area contributed by atoms with Crippen molar-refractivity contribution < 1.29 is 4.79 Å². The first kappa shape index (κ1) is 11.7. The zero-order valence-corrected chi connectivity index (χ0v) is 10.3. The number of nitrogens with zero attached hydrogens (tertiary/aromatic N) is 2. The Bertz CT molecular complexity index is 477. The fraction of sp³-hybridized carbons (Fsp3) is 0.273. The number of nitrogens with one attached hydrogen (secondary N) is 2. The first-order chi connectivity index (χ1) is 8.28. The topological polar surface area (TPSA) is 59.0 Å². The van der Waals surface area contributed by atoms with Crippen molar-refractivity contribution >= 4 is 22.9 Å². The molecule has 0 fully saturated rings. The van der Waals surface area contributed by atoms with Crippen molar-refractivity contribution in [1.82, 2.24) is 15.1 Å². The summed E-state index contributed by atoms with van der Waals surface area (Å²) in [6.07, 6.45) is 3.54.